The third-order valence-corrected chi connectivity index (χ3v) is 1.86. The van der Waals surface area contributed by atoms with E-state index in [2.05, 4.69) is 10.3 Å². The van der Waals surface area contributed by atoms with Crippen LogP contribution in [0.2, 0.25) is 0 Å². The molecule has 1 amide bonds. The minimum absolute atomic E-state index is 0.0468. The molecule has 0 saturated carbocycles. The molecule has 1 aromatic rings. The van der Waals surface area contributed by atoms with Crippen molar-refractivity contribution in [1.29, 1.82) is 5.41 Å². The molecule has 0 bridgehead atoms. The molecule has 0 aliphatic rings. The molecule has 74 valence electrons. The number of hydrogen-bond acceptors (Lipinski definition) is 3. The van der Waals surface area contributed by atoms with Crippen molar-refractivity contribution in [3.8, 4) is 0 Å². The van der Waals surface area contributed by atoms with E-state index in [-0.39, 0.29) is 11.8 Å². The van der Waals surface area contributed by atoms with Crippen molar-refractivity contribution in [3.63, 3.8) is 0 Å². The topological polar surface area (TPSA) is 65.8 Å². The number of anilines is 1. The maximum atomic E-state index is 10.8. The highest BCUT2D eigenvalue weighted by atomic mass is 16.1. The molecule has 14 heavy (non-hydrogen) atoms. The Labute approximate surface area is 82.9 Å². The van der Waals surface area contributed by atoms with Crippen molar-refractivity contribution >= 4 is 17.9 Å². The maximum absolute atomic E-state index is 10.8. The number of carbonyl (C=O) groups excluding carboxylic acids is 1. The average molecular weight is 191 g/mol. The predicted octanol–water partition coefficient (Wildman–Crippen LogP) is 1.79. The summed E-state index contributed by atoms with van der Waals surface area (Å²) in [5.74, 6) is 0.436. The lowest BCUT2D eigenvalue weighted by molar-refractivity contribution is -0.114. The molecule has 0 spiro atoms. The average Bonchev–Trinajstić information content (AvgIpc) is 2.16. The molecule has 0 saturated heterocycles. The number of pyridine rings is 1. The minimum Gasteiger partial charge on any atom is -0.312 e. The monoisotopic (exact) mass is 191 g/mol. The van der Waals surface area contributed by atoms with E-state index in [1.165, 1.54) is 13.1 Å². The highest BCUT2D eigenvalue weighted by Crippen LogP contribution is 2.15. The highest BCUT2D eigenvalue weighted by Gasteiger charge is 2.03. The van der Waals surface area contributed by atoms with E-state index in [1.807, 2.05) is 13.0 Å². The first-order valence-corrected chi connectivity index (χ1v) is 4.37. The fourth-order valence-electron chi connectivity index (χ4n) is 1.08. The summed E-state index contributed by atoms with van der Waals surface area (Å²) in [5.41, 5.74) is 0.971. The Hall–Kier alpha value is -1.71. The largest absolute Gasteiger partial charge is 0.312 e. The van der Waals surface area contributed by atoms with Crippen LogP contribution in [0.4, 0.5) is 5.82 Å². The molecule has 4 heteroatoms. The maximum Gasteiger partial charge on any atom is 0.222 e. The van der Waals surface area contributed by atoms with Gasteiger partial charge in [0.2, 0.25) is 5.91 Å². The van der Waals surface area contributed by atoms with Crippen LogP contribution in [0.15, 0.2) is 18.3 Å². The van der Waals surface area contributed by atoms with Crippen molar-refractivity contribution in [3.05, 3.63) is 23.9 Å². The predicted molar refractivity (Wildman–Crippen MR) is 55.7 cm³/mol. The molecule has 1 heterocycles. The van der Waals surface area contributed by atoms with E-state index in [0.29, 0.717) is 5.82 Å². The third-order valence-electron chi connectivity index (χ3n) is 1.86. The van der Waals surface area contributed by atoms with Crippen LogP contribution in [-0.2, 0) is 4.79 Å². The Balaban J connectivity index is 2.88. The van der Waals surface area contributed by atoms with Crippen LogP contribution >= 0.6 is 0 Å². The number of aromatic nitrogens is 1. The van der Waals surface area contributed by atoms with Crippen LogP contribution in [0.3, 0.4) is 0 Å². The molecular weight excluding hydrogens is 178 g/mol. The summed E-state index contributed by atoms with van der Waals surface area (Å²) < 4.78 is 0. The molecule has 0 fully saturated rings. The van der Waals surface area contributed by atoms with Crippen molar-refractivity contribution < 1.29 is 4.79 Å². The Kier molecular flexibility index (Phi) is 3.34. The SMILES string of the molecule is CC(=O)Nc1cc(C(C)C=N)ccn1. The van der Waals surface area contributed by atoms with Gasteiger partial charge < -0.3 is 10.7 Å². The Morgan fingerprint density at radius 3 is 3.00 bits per heavy atom. The van der Waals surface area contributed by atoms with Gasteiger partial charge in [-0.05, 0) is 17.7 Å². The van der Waals surface area contributed by atoms with Gasteiger partial charge in [-0.3, -0.25) is 4.79 Å². The van der Waals surface area contributed by atoms with Gasteiger partial charge in [-0.25, -0.2) is 4.98 Å². The van der Waals surface area contributed by atoms with E-state index < -0.39 is 0 Å². The van der Waals surface area contributed by atoms with Crippen LogP contribution in [0, 0.1) is 5.41 Å². The summed E-state index contributed by atoms with van der Waals surface area (Å²) in [7, 11) is 0. The first kappa shape index (κ1) is 10.4. The van der Waals surface area contributed by atoms with Crippen LogP contribution in [0.1, 0.15) is 25.3 Å². The fourth-order valence-corrected chi connectivity index (χ4v) is 1.08. The zero-order valence-electron chi connectivity index (χ0n) is 8.24. The number of rotatable bonds is 3. The lowest BCUT2D eigenvalue weighted by Gasteiger charge is -2.07. The smallest absolute Gasteiger partial charge is 0.222 e. The van der Waals surface area contributed by atoms with E-state index in [9.17, 15) is 4.79 Å². The van der Waals surface area contributed by atoms with Crippen LogP contribution in [0.25, 0.3) is 0 Å². The quantitative estimate of drug-likeness (QED) is 0.715. The van der Waals surface area contributed by atoms with Gasteiger partial charge in [0.05, 0.1) is 0 Å². The van der Waals surface area contributed by atoms with Gasteiger partial charge in [-0.1, -0.05) is 6.92 Å². The Bertz CT molecular complexity index is 349. The van der Waals surface area contributed by atoms with Crippen LogP contribution < -0.4 is 5.32 Å². The second-order valence-corrected chi connectivity index (χ2v) is 3.11. The van der Waals surface area contributed by atoms with E-state index >= 15 is 0 Å². The first-order valence-electron chi connectivity index (χ1n) is 4.37. The second kappa shape index (κ2) is 4.50. The normalized spacial score (nSPS) is 11.9. The molecule has 1 rings (SSSR count). The zero-order chi connectivity index (χ0) is 10.6. The number of carbonyl (C=O) groups is 1. The van der Waals surface area contributed by atoms with Crippen LogP contribution in [0.5, 0.6) is 0 Å². The van der Waals surface area contributed by atoms with Gasteiger partial charge in [0.25, 0.3) is 0 Å². The minimum atomic E-state index is -0.142. The molecule has 4 nitrogen and oxygen atoms in total. The molecule has 1 aromatic heterocycles. The molecule has 0 radical (unpaired) electrons. The summed E-state index contributed by atoms with van der Waals surface area (Å²) in [4.78, 5) is 14.8. The van der Waals surface area contributed by atoms with Gasteiger partial charge in [0, 0.05) is 25.3 Å². The van der Waals surface area contributed by atoms with Crippen molar-refractivity contribution in [2.75, 3.05) is 5.32 Å². The number of hydrogen-bond donors (Lipinski definition) is 2. The highest BCUT2D eigenvalue weighted by molar-refractivity contribution is 5.87. The molecule has 0 aliphatic heterocycles. The van der Waals surface area contributed by atoms with Crippen molar-refractivity contribution in [2.24, 2.45) is 0 Å². The van der Waals surface area contributed by atoms with E-state index in [0.717, 1.165) is 5.56 Å². The zero-order valence-corrected chi connectivity index (χ0v) is 8.24. The molecule has 0 aliphatic carbocycles. The molecule has 2 N–H and O–H groups in total. The van der Waals surface area contributed by atoms with Gasteiger partial charge in [0.1, 0.15) is 5.82 Å². The molecule has 0 aromatic carbocycles. The van der Waals surface area contributed by atoms with Gasteiger partial charge in [-0.2, -0.15) is 0 Å². The lowest BCUT2D eigenvalue weighted by Crippen LogP contribution is -2.08. The molecule has 1 unspecified atom stereocenters. The number of nitrogens with zero attached hydrogens (tertiary/aromatic N) is 1. The van der Waals surface area contributed by atoms with Gasteiger partial charge in [0.15, 0.2) is 0 Å². The number of nitrogens with one attached hydrogen (secondary N) is 2. The standard InChI is InChI=1S/C10H13N3O/c1-7(6-11)9-3-4-12-10(5-9)13-8(2)14/h3-7,11H,1-2H3,(H,12,13,14). The summed E-state index contributed by atoms with van der Waals surface area (Å²) in [6, 6.07) is 3.61. The fraction of sp³-hybridized carbons (Fsp3) is 0.300. The van der Waals surface area contributed by atoms with Gasteiger partial charge >= 0.3 is 0 Å². The summed E-state index contributed by atoms with van der Waals surface area (Å²) in [6.07, 6.45) is 2.98. The van der Waals surface area contributed by atoms with Crippen molar-refractivity contribution in [2.45, 2.75) is 19.8 Å². The lowest BCUT2D eigenvalue weighted by atomic mass is 10.0. The molecule has 1 atom stereocenters. The van der Waals surface area contributed by atoms with E-state index in [1.54, 1.807) is 12.3 Å². The number of amides is 1. The summed E-state index contributed by atoms with van der Waals surface area (Å²) in [6.45, 7) is 3.36. The first-order chi connectivity index (χ1) is 6.63. The van der Waals surface area contributed by atoms with Crippen LogP contribution in [-0.4, -0.2) is 17.1 Å². The Morgan fingerprint density at radius 1 is 1.71 bits per heavy atom. The summed E-state index contributed by atoms with van der Waals surface area (Å²) in [5, 5.41) is 9.72. The Morgan fingerprint density at radius 2 is 2.43 bits per heavy atom. The van der Waals surface area contributed by atoms with E-state index in [4.69, 9.17) is 5.41 Å². The van der Waals surface area contributed by atoms with Crippen molar-refractivity contribution in [1.82, 2.24) is 4.98 Å². The second-order valence-electron chi connectivity index (χ2n) is 3.11. The summed E-state index contributed by atoms with van der Waals surface area (Å²) >= 11 is 0. The third kappa shape index (κ3) is 2.65. The molecular formula is C10H13N3O. The van der Waals surface area contributed by atoms with Gasteiger partial charge in [-0.15, -0.1) is 0 Å².